The number of methoxy groups -OCH3 is 1. The van der Waals surface area contributed by atoms with E-state index in [1.54, 1.807) is 12.1 Å². The molecule has 0 spiro atoms. The molecule has 0 fully saturated rings. The number of halogens is 2. The number of sulfonamides is 1. The molecule has 0 bridgehead atoms. The van der Waals surface area contributed by atoms with Crippen LogP contribution in [0.4, 0.5) is 5.69 Å². The van der Waals surface area contributed by atoms with Gasteiger partial charge < -0.3 is 4.74 Å². The molecule has 0 amide bonds. The first-order chi connectivity index (χ1) is 11.4. The van der Waals surface area contributed by atoms with Crippen molar-refractivity contribution in [3.8, 4) is 5.75 Å². The maximum absolute atomic E-state index is 12.7. The summed E-state index contributed by atoms with van der Waals surface area (Å²) in [5.74, 6) is 0.311. The van der Waals surface area contributed by atoms with Gasteiger partial charge in [-0.2, -0.15) is 0 Å². The third kappa shape index (κ3) is 3.02. The fraction of sp³-hybridized carbons (Fsp3) is 0.0588. The van der Waals surface area contributed by atoms with Crippen LogP contribution >= 0.6 is 23.2 Å². The van der Waals surface area contributed by atoms with Gasteiger partial charge in [0.1, 0.15) is 15.7 Å². The molecule has 0 radical (unpaired) electrons. The van der Waals surface area contributed by atoms with Crippen molar-refractivity contribution >= 4 is 49.7 Å². The van der Waals surface area contributed by atoms with Crippen LogP contribution in [0.2, 0.25) is 10.0 Å². The number of hydrogen-bond donors (Lipinski definition) is 1. The van der Waals surface area contributed by atoms with Crippen molar-refractivity contribution in [1.29, 1.82) is 0 Å². The maximum atomic E-state index is 12.7. The van der Waals surface area contributed by atoms with Gasteiger partial charge in [-0.05, 0) is 23.6 Å². The number of fused-ring (bicyclic) bond motifs is 1. The van der Waals surface area contributed by atoms with Gasteiger partial charge in [0.15, 0.2) is 0 Å². The van der Waals surface area contributed by atoms with Crippen molar-refractivity contribution in [2.45, 2.75) is 4.90 Å². The summed E-state index contributed by atoms with van der Waals surface area (Å²) in [4.78, 5) is -0.108. The molecule has 0 unspecified atom stereocenters. The predicted molar refractivity (Wildman–Crippen MR) is 97.8 cm³/mol. The fourth-order valence-corrected chi connectivity index (χ4v) is 4.31. The number of ether oxygens (including phenoxy) is 1. The molecule has 0 aliphatic carbocycles. The van der Waals surface area contributed by atoms with E-state index in [-0.39, 0.29) is 14.9 Å². The lowest BCUT2D eigenvalue weighted by Gasteiger charge is -2.13. The average molecular weight is 382 g/mol. The number of hydrogen-bond acceptors (Lipinski definition) is 3. The van der Waals surface area contributed by atoms with Gasteiger partial charge in [0.25, 0.3) is 10.0 Å². The first kappa shape index (κ1) is 16.9. The zero-order chi connectivity index (χ0) is 17.3. The van der Waals surface area contributed by atoms with Crippen molar-refractivity contribution in [2.24, 2.45) is 0 Å². The predicted octanol–water partition coefficient (Wildman–Crippen LogP) is 4.96. The number of anilines is 1. The van der Waals surface area contributed by atoms with E-state index >= 15 is 0 Å². The lowest BCUT2D eigenvalue weighted by Crippen LogP contribution is -2.14. The lowest BCUT2D eigenvalue weighted by atomic mass is 10.1. The standard InChI is InChI=1S/C17H13Cl2NO3S/c1-23-14-9-10-15(17(19)16(14)18)24(21,22)20-13-8-4-6-11-5-2-3-7-12(11)13/h2-10,20H,1H3. The molecule has 0 aliphatic heterocycles. The molecule has 0 saturated heterocycles. The monoisotopic (exact) mass is 381 g/mol. The van der Waals surface area contributed by atoms with E-state index in [4.69, 9.17) is 27.9 Å². The smallest absolute Gasteiger partial charge is 0.263 e. The van der Waals surface area contributed by atoms with E-state index in [0.29, 0.717) is 11.4 Å². The van der Waals surface area contributed by atoms with E-state index in [0.717, 1.165) is 10.8 Å². The number of benzene rings is 3. The van der Waals surface area contributed by atoms with E-state index in [1.807, 2.05) is 30.3 Å². The Labute approximate surface area is 150 Å². The second-order valence-corrected chi connectivity index (χ2v) is 7.43. The van der Waals surface area contributed by atoms with Gasteiger partial charge in [-0.1, -0.05) is 59.6 Å². The molecule has 1 N–H and O–H groups in total. The Hall–Kier alpha value is -1.95. The maximum Gasteiger partial charge on any atom is 0.263 e. The summed E-state index contributed by atoms with van der Waals surface area (Å²) in [6.45, 7) is 0. The summed E-state index contributed by atoms with van der Waals surface area (Å²) in [6.07, 6.45) is 0. The molecule has 3 rings (SSSR count). The lowest BCUT2D eigenvalue weighted by molar-refractivity contribution is 0.414. The number of rotatable bonds is 4. The Kier molecular flexibility index (Phi) is 4.58. The van der Waals surface area contributed by atoms with Crippen LogP contribution in [0, 0.1) is 0 Å². The summed E-state index contributed by atoms with van der Waals surface area (Å²) in [5.41, 5.74) is 0.469. The van der Waals surface area contributed by atoms with Gasteiger partial charge in [-0.3, -0.25) is 4.72 Å². The third-order valence-corrected chi connectivity index (χ3v) is 5.94. The minimum atomic E-state index is -3.90. The first-order valence-electron chi connectivity index (χ1n) is 6.96. The van der Waals surface area contributed by atoms with Crippen molar-refractivity contribution < 1.29 is 13.2 Å². The summed E-state index contributed by atoms with van der Waals surface area (Å²) in [5, 5.41) is 1.69. The molecule has 0 atom stereocenters. The zero-order valence-electron chi connectivity index (χ0n) is 12.6. The molecule has 7 heteroatoms. The van der Waals surface area contributed by atoms with Gasteiger partial charge in [0, 0.05) is 5.39 Å². The van der Waals surface area contributed by atoms with Crippen LogP contribution in [0.5, 0.6) is 5.75 Å². The van der Waals surface area contributed by atoms with Crippen LogP contribution in [0.15, 0.2) is 59.5 Å². The van der Waals surface area contributed by atoms with Gasteiger partial charge in [-0.25, -0.2) is 8.42 Å². The Bertz CT molecular complexity index is 1010. The Balaban J connectivity index is 2.07. The Morgan fingerprint density at radius 3 is 2.38 bits per heavy atom. The largest absolute Gasteiger partial charge is 0.495 e. The molecule has 4 nitrogen and oxygen atoms in total. The van der Waals surface area contributed by atoms with E-state index in [1.165, 1.54) is 19.2 Å². The second-order valence-electron chi connectivity index (χ2n) is 5.03. The quantitative estimate of drug-likeness (QED) is 0.694. The van der Waals surface area contributed by atoms with E-state index in [9.17, 15) is 8.42 Å². The summed E-state index contributed by atoms with van der Waals surface area (Å²) >= 11 is 12.2. The first-order valence-corrected chi connectivity index (χ1v) is 9.20. The van der Waals surface area contributed by atoms with E-state index < -0.39 is 10.0 Å². The van der Waals surface area contributed by atoms with Crippen LogP contribution < -0.4 is 9.46 Å². The van der Waals surface area contributed by atoms with Crippen LogP contribution in [0.3, 0.4) is 0 Å². The highest BCUT2D eigenvalue weighted by atomic mass is 35.5. The molecule has 0 heterocycles. The molecule has 124 valence electrons. The molecule has 3 aromatic rings. The molecule has 0 saturated carbocycles. The van der Waals surface area contributed by atoms with Crippen molar-refractivity contribution in [2.75, 3.05) is 11.8 Å². The van der Waals surface area contributed by atoms with Crippen molar-refractivity contribution in [1.82, 2.24) is 0 Å². The summed E-state index contributed by atoms with van der Waals surface area (Å²) < 4.78 is 33.1. The van der Waals surface area contributed by atoms with E-state index in [2.05, 4.69) is 4.72 Å². The second kappa shape index (κ2) is 6.51. The van der Waals surface area contributed by atoms with Crippen LogP contribution in [-0.2, 0) is 10.0 Å². The van der Waals surface area contributed by atoms with Crippen molar-refractivity contribution in [3.05, 3.63) is 64.6 Å². The third-order valence-electron chi connectivity index (χ3n) is 3.55. The molecule has 3 aromatic carbocycles. The molecule has 24 heavy (non-hydrogen) atoms. The minimum Gasteiger partial charge on any atom is -0.495 e. The molecule has 0 aromatic heterocycles. The number of nitrogens with one attached hydrogen (secondary N) is 1. The average Bonchev–Trinajstić information content (AvgIpc) is 2.57. The van der Waals surface area contributed by atoms with Gasteiger partial charge in [0.05, 0.1) is 17.8 Å². The van der Waals surface area contributed by atoms with Crippen LogP contribution in [0.25, 0.3) is 10.8 Å². The molecular weight excluding hydrogens is 369 g/mol. The highest BCUT2D eigenvalue weighted by molar-refractivity contribution is 7.92. The topological polar surface area (TPSA) is 55.4 Å². The zero-order valence-corrected chi connectivity index (χ0v) is 14.9. The SMILES string of the molecule is COc1ccc(S(=O)(=O)Nc2cccc3ccccc23)c(Cl)c1Cl. The van der Waals surface area contributed by atoms with Gasteiger partial charge in [0.2, 0.25) is 0 Å². The normalized spacial score (nSPS) is 11.5. The molecular formula is C17H13Cl2NO3S. The minimum absolute atomic E-state index is 0.0555. The van der Waals surface area contributed by atoms with Gasteiger partial charge in [-0.15, -0.1) is 0 Å². The fourth-order valence-electron chi connectivity index (χ4n) is 2.39. The van der Waals surface area contributed by atoms with Crippen molar-refractivity contribution in [3.63, 3.8) is 0 Å². The summed E-state index contributed by atoms with van der Waals surface area (Å²) in [7, 11) is -2.47. The van der Waals surface area contributed by atoms with Crippen LogP contribution in [0.1, 0.15) is 0 Å². The Morgan fingerprint density at radius 1 is 0.917 bits per heavy atom. The molecule has 0 aliphatic rings. The summed E-state index contributed by atoms with van der Waals surface area (Å²) in [6, 6.07) is 15.7. The highest BCUT2D eigenvalue weighted by Gasteiger charge is 2.22. The van der Waals surface area contributed by atoms with Gasteiger partial charge >= 0.3 is 0 Å². The Morgan fingerprint density at radius 2 is 1.62 bits per heavy atom. The van der Waals surface area contributed by atoms with Crippen LogP contribution in [-0.4, -0.2) is 15.5 Å². The highest BCUT2D eigenvalue weighted by Crippen LogP contribution is 2.37.